The number of carbonyl (C=O) groups is 1. The molecule has 25 heavy (non-hydrogen) atoms. The van der Waals surface area contributed by atoms with Gasteiger partial charge in [0, 0.05) is 11.6 Å². The Kier molecular flexibility index (Phi) is 5.71. The Morgan fingerprint density at radius 1 is 1.28 bits per heavy atom. The molecule has 1 aliphatic rings. The van der Waals surface area contributed by atoms with Gasteiger partial charge in [-0.05, 0) is 89.3 Å². The van der Waals surface area contributed by atoms with Gasteiger partial charge in [-0.2, -0.15) is 0 Å². The van der Waals surface area contributed by atoms with E-state index < -0.39 is 0 Å². The van der Waals surface area contributed by atoms with Crippen molar-refractivity contribution in [2.75, 3.05) is 6.54 Å². The van der Waals surface area contributed by atoms with E-state index in [2.05, 4.69) is 27.6 Å². The zero-order chi connectivity index (χ0) is 18.0. The van der Waals surface area contributed by atoms with Gasteiger partial charge in [-0.25, -0.2) is 4.99 Å². The second-order valence-corrected chi connectivity index (χ2v) is 7.85. The van der Waals surface area contributed by atoms with E-state index in [-0.39, 0.29) is 11.7 Å². The maximum Gasteiger partial charge on any atom is 0.266 e. The molecule has 2 aromatic carbocycles. The number of amides is 1. The molecule has 7 heteroatoms. The van der Waals surface area contributed by atoms with Crippen LogP contribution in [0.4, 0.5) is 5.69 Å². The zero-order valence-electron chi connectivity index (χ0n) is 13.2. The summed E-state index contributed by atoms with van der Waals surface area (Å²) < 4.78 is 0.741. The highest BCUT2D eigenvalue weighted by molar-refractivity contribution is 14.1. The van der Waals surface area contributed by atoms with E-state index >= 15 is 0 Å². The molecule has 0 spiro atoms. The molecule has 0 atom stereocenters. The van der Waals surface area contributed by atoms with E-state index in [1.165, 1.54) is 11.8 Å². The smallest absolute Gasteiger partial charge is 0.266 e. The predicted molar refractivity (Wildman–Crippen MR) is 112 cm³/mol. The van der Waals surface area contributed by atoms with Gasteiger partial charge in [-0.1, -0.05) is 17.7 Å². The van der Waals surface area contributed by atoms with Crippen LogP contribution in [-0.2, 0) is 4.79 Å². The predicted octanol–water partition coefficient (Wildman–Crippen LogP) is 5.27. The van der Waals surface area contributed by atoms with Gasteiger partial charge < -0.3 is 5.11 Å². The van der Waals surface area contributed by atoms with E-state index in [1.807, 2.05) is 31.2 Å². The molecule has 0 aromatic heterocycles. The summed E-state index contributed by atoms with van der Waals surface area (Å²) in [5.41, 5.74) is 1.61. The third kappa shape index (κ3) is 4.19. The van der Waals surface area contributed by atoms with Crippen LogP contribution in [0.5, 0.6) is 5.75 Å². The van der Waals surface area contributed by atoms with Crippen LogP contribution in [0.1, 0.15) is 12.5 Å². The van der Waals surface area contributed by atoms with Crippen LogP contribution >= 0.6 is 46.0 Å². The minimum atomic E-state index is -0.0664. The number of likely N-dealkylation sites (N-methyl/N-ethyl adjacent to an activating group) is 1. The molecule has 0 bridgehead atoms. The molecule has 1 aliphatic heterocycles. The van der Waals surface area contributed by atoms with Gasteiger partial charge >= 0.3 is 0 Å². The molecule has 0 radical (unpaired) electrons. The van der Waals surface area contributed by atoms with E-state index in [0.717, 1.165) is 14.8 Å². The number of aliphatic imine (C=N–C) groups is 1. The maximum atomic E-state index is 12.6. The molecule has 2 aromatic rings. The number of thioether (sulfide) groups is 1. The van der Waals surface area contributed by atoms with E-state index in [1.54, 1.807) is 29.2 Å². The molecule has 0 unspecified atom stereocenters. The second kappa shape index (κ2) is 7.80. The van der Waals surface area contributed by atoms with Crippen molar-refractivity contribution in [1.29, 1.82) is 0 Å². The van der Waals surface area contributed by atoms with Crippen molar-refractivity contribution in [2.45, 2.75) is 6.92 Å². The van der Waals surface area contributed by atoms with Gasteiger partial charge in [0.25, 0.3) is 5.91 Å². The molecule has 1 saturated heterocycles. The highest BCUT2D eigenvalue weighted by Crippen LogP contribution is 2.34. The van der Waals surface area contributed by atoms with Crippen LogP contribution in [0.2, 0.25) is 5.02 Å². The normalized spacial score (nSPS) is 17.7. The third-order valence-corrected chi connectivity index (χ3v) is 5.65. The molecule has 0 aliphatic carbocycles. The molecule has 1 fully saturated rings. The highest BCUT2D eigenvalue weighted by Gasteiger charge is 2.32. The maximum absolute atomic E-state index is 12.6. The van der Waals surface area contributed by atoms with Crippen molar-refractivity contribution in [3.05, 3.63) is 61.5 Å². The first kappa shape index (κ1) is 18.3. The van der Waals surface area contributed by atoms with Crippen LogP contribution in [0.3, 0.4) is 0 Å². The SMILES string of the molecule is CCN1C(=O)/C(=C/c2ccc(O)c(I)c2)SC1=Nc1ccc(Cl)cc1. The largest absolute Gasteiger partial charge is 0.507 e. The summed E-state index contributed by atoms with van der Waals surface area (Å²) in [6.07, 6.45) is 1.82. The minimum absolute atomic E-state index is 0.0664. The lowest BCUT2D eigenvalue weighted by Crippen LogP contribution is -2.28. The first-order chi connectivity index (χ1) is 12.0. The van der Waals surface area contributed by atoms with Gasteiger partial charge in [-0.3, -0.25) is 9.69 Å². The van der Waals surface area contributed by atoms with E-state index in [9.17, 15) is 9.90 Å². The van der Waals surface area contributed by atoms with Crippen LogP contribution in [0.25, 0.3) is 6.08 Å². The van der Waals surface area contributed by atoms with Crippen LogP contribution in [0, 0.1) is 3.57 Å². The van der Waals surface area contributed by atoms with Crippen LogP contribution in [0.15, 0.2) is 52.4 Å². The summed E-state index contributed by atoms with van der Waals surface area (Å²) in [5, 5.41) is 10.9. The Balaban J connectivity index is 1.92. The average molecular weight is 485 g/mol. The molecule has 128 valence electrons. The van der Waals surface area contributed by atoms with Crippen molar-refractivity contribution in [3.8, 4) is 5.75 Å². The van der Waals surface area contributed by atoms with Crippen molar-refractivity contribution in [3.63, 3.8) is 0 Å². The fourth-order valence-electron chi connectivity index (χ4n) is 2.26. The number of benzene rings is 2. The lowest BCUT2D eigenvalue weighted by molar-refractivity contribution is -0.122. The van der Waals surface area contributed by atoms with Gasteiger partial charge in [0.2, 0.25) is 0 Å². The quantitative estimate of drug-likeness (QED) is 0.477. The number of aromatic hydroxyl groups is 1. The van der Waals surface area contributed by atoms with Crippen LogP contribution in [-0.4, -0.2) is 27.6 Å². The standard InChI is InChI=1S/C18H14ClIN2O2S/c1-2-22-17(24)16(10-11-3-8-15(23)14(20)9-11)25-18(22)21-13-6-4-12(19)5-7-13/h3-10,23H,2H2,1H3/b16-10-,21-18?. The second-order valence-electron chi connectivity index (χ2n) is 5.24. The minimum Gasteiger partial charge on any atom is -0.507 e. The van der Waals surface area contributed by atoms with Gasteiger partial charge in [0.05, 0.1) is 14.2 Å². The number of hydrogen-bond donors (Lipinski definition) is 1. The Morgan fingerprint density at radius 2 is 2.00 bits per heavy atom. The Hall–Kier alpha value is -1.51. The molecule has 0 saturated carbocycles. The third-order valence-electron chi connectivity index (χ3n) is 3.53. The lowest BCUT2D eigenvalue weighted by atomic mass is 10.2. The summed E-state index contributed by atoms with van der Waals surface area (Å²) in [6, 6.07) is 12.4. The monoisotopic (exact) mass is 484 g/mol. The Bertz CT molecular complexity index is 881. The first-order valence-electron chi connectivity index (χ1n) is 7.52. The fourth-order valence-corrected chi connectivity index (χ4v) is 3.99. The average Bonchev–Trinajstić information content (AvgIpc) is 2.88. The number of halogens is 2. The molecule has 1 amide bonds. The van der Waals surface area contributed by atoms with Crippen molar-refractivity contribution < 1.29 is 9.90 Å². The van der Waals surface area contributed by atoms with Crippen molar-refractivity contribution in [2.24, 2.45) is 4.99 Å². The Labute approximate surface area is 168 Å². The summed E-state index contributed by atoms with van der Waals surface area (Å²) in [5.74, 6) is 0.164. The van der Waals surface area contributed by atoms with Crippen LogP contribution < -0.4 is 0 Å². The first-order valence-corrected chi connectivity index (χ1v) is 9.79. The van der Waals surface area contributed by atoms with Gasteiger partial charge in [0.15, 0.2) is 5.17 Å². The van der Waals surface area contributed by atoms with E-state index in [0.29, 0.717) is 21.6 Å². The summed E-state index contributed by atoms with van der Waals surface area (Å²) in [6.45, 7) is 2.46. The van der Waals surface area contributed by atoms with Crippen molar-refractivity contribution >= 4 is 68.8 Å². The molecule has 4 nitrogen and oxygen atoms in total. The molecular weight excluding hydrogens is 471 g/mol. The topological polar surface area (TPSA) is 52.9 Å². The molecule has 1 N–H and O–H groups in total. The zero-order valence-corrected chi connectivity index (χ0v) is 17.0. The lowest BCUT2D eigenvalue weighted by Gasteiger charge is -2.11. The number of amidine groups is 1. The number of phenols is 1. The molecular formula is C18H14ClIN2O2S. The number of phenolic OH excluding ortho intramolecular Hbond substituents is 1. The number of rotatable bonds is 3. The summed E-state index contributed by atoms with van der Waals surface area (Å²) >= 11 is 9.30. The highest BCUT2D eigenvalue weighted by atomic mass is 127. The molecule has 3 rings (SSSR count). The number of carbonyl (C=O) groups excluding carboxylic acids is 1. The summed E-state index contributed by atoms with van der Waals surface area (Å²) in [7, 11) is 0. The number of nitrogens with zero attached hydrogens (tertiary/aromatic N) is 2. The summed E-state index contributed by atoms with van der Waals surface area (Å²) in [4.78, 5) is 19.5. The van der Waals surface area contributed by atoms with Gasteiger partial charge in [0.1, 0.15) is 5.75 Å². The fraction of sp³-hybridized carbons (Fsp3) is 0.111. The van der Waals surface area contributed by atoms with E-state index in [4.69, 9.17) is 11.6 Å². The molecule has 1 heterocycles. The van der Waals surface area contributed by atoms with Gasteiger partial charge in [-0.15, -0.1) is 0 Å². The van der Waals surface area contributed by atoms with Crippen molar-refractivity contribution in [1.82, 2.24) is 4.90 Å². The number of hydrogen-bond acceptors (Lipinski definition) is 4. The Morgan fingerprint density at radius 3 is 2.64 bits per heavy atom.